The Balaban J connectivity index is 1.61. The van der Waals surface area contributed by atoms with Crippen LogP contribution in [0.15, 0.2) is 22.8 Å². The number of rotatable bonds is 6. The van der Waals surface area contributed by atoms with Gasteiger partial charge in [0, 0.05) is 31.6 Å². The molecular weight excluding hydrogens is 368 g/mol. The maximum Gasteiger partial charge on any atom is 0.289 e. The number of hydrogen-bond donors (Lipinski definition) is 0. The molecule has 0 saturated carbocycles. The first-order valence-corrected chi connectivity index (χ1v) is 11.6. The summed E-state index contributed by atoms with van der Waals surface area (Å²) in [6.45, 7) is 3.70. The molecular formula is C19H28N2O5S. The van der Waals surface area contributed by atoms with Gasteiger partial charge in [0.2, 0.25) is 5.91 Å². The monoisotopic (exact) mass is 396 g/mol. The van der Waals surface area contributed by atoms with Crippen LogP contribution in [0.5, 0.6) is 0 Å². The van der Waals surface area contributed by atoms with Crippen molar-refractivity contribution in [1.82, 2.24) is 9.80 Å². The molecule has 0 bridgehead atoms. The Bertz CT molecular complexity index is 751. The van der Waals surface area contributed by atoms with Crippen LogP contribution in [-0.2, 0) is 14.6 Å². The van der Waals surface area contributed by atoms with E-state index < -0.39 is 9.84 Å². The van der Waals surface area contributed by atoms with Gasteiger partial charge in [0.15, 0.2) is 15.6 Å². The number of furan rings is 1. The summed E-state index contributed by atoms with van der Waals surface area (Å²) in [6, 6.07) is 3.13. The van der Waals surface area contributed by atoms with Crippen molar-refractivity contribution in [3.63, 3.8) is 0 Å². The number of carbonyl (C=O) groups is 2. The van der Waals surface area contributed by atoms with Crippen molar-refractivity contribution in [3.8, 4) is 0 Å². The van der Waals surface area contributed by atoms with E-state index in [1.807, 2.05) is 4.90 Å². The van der Waals surface area contributed by atoms with Crippen molar-refractivity contribution < 1.29 is 22.4 Å². The van der Waals surface area contributed by atoms with Crippen molar-refractivity contribution >= 4 is 21.7 Å². The summed E-state index contributed by atoms with van der Waals surface area (Å²) in [5.74, 6) is 0.333. The smallest absolute Gasteiger partial charge is 0.289 e. The lowest BCUT2D eigenvalue weighted by Gasteiger charge is -2.36. The zero-order valence-corrected chi connectivity index (χ0v) is 16.6. The largest absolute Gasteiger partial charge is 0.459 e. The predicted octanol–water partition coefficient (Wildman–Crippen LogP) is 1.95. The summed E-state index contributed by atoms with van der Waals surface area (Å²) in [4.78, 5) is 29.0. The van der Waals surface area contributed by atoms with Gasteiger partial charge >= 0.3 is 0 Å². The van der Waals surface area contributed by atoms with E-state index in [2.05, 4.69) is 6.92 Å². The summed E-state index contributed by atoms with van der Waals surface area (Å²) in [7, 11) is -3.03. The van der Waals surface area contributed by atoms with E-state index in [-0.39, 0.29) is 35.3 Å². The van der Waals surface area contributed by atoms with Crippen molar-refractivity contribution in [3.05, 3.63) is 24.2 Å². The summed E-state index contributed by atoms with van der Waals surface area (Å²) in [5.41, 5.74) is 0. The van der Waals surface area contributed by atoms with E-state index in [0.717, 1.165) is 12.8 Å². The number of carbonyl (C=O) groups excluding carboxylic acids is 2. The van der Waals surface area contributed by atoms with Gasteiger partial charge in [0.25, 0.3) is 5.91 Å². The van der Waals surface area contributed by atoms with Gasteiger partial charge in [0.05, 0.1) is 17.8 Å². The molecule has 0 aliphatic carbocycles. The van der Waals surface area contributed by atoms with E-state index in [0.29, 0.717) is 44.7 Å². The summed E-state index contributed by atoms with van der Waals surface area (Å²) in [5, 5.41) is 0. The minimum Gasteiger partial charge on any atom is -0.459 e. The molecule has 0 spiro atoms. The molecule has 3 heterocycles. The molecule has 27 heavy (non-hydrogen) atoms. The third-order valence-electron chi connectivity index (χ3n) is 5.55. The van der Waals surface area contributed by atoms with Crippen LogP contribution in [-0.4, -0.2) is 67.2 Å². The molecule has 150 valence electrons. The molecule has 7 nitrogen and oxygen atoms in total. The fraction of sp³-hybridized carbons (Fsp3) is 0.684. The number of piperidine rings is 1. The van der Waals surface area contributed by atoms with Crippen LogP contribution < -0.4 is 0 Å². The molecule has 1 aromatic heterocycles. The van der Waals surface area contributed by atoms with Crippen LogP contribution in [0.3, 0.4) is 0 Å². The molecule has 1 unspecified atom stereocenters. The lowest BCUT2D eigenvalue weighted by molar-refractivity contribution is -0.139. The van der Waals surface area contributed by atoms with Crippen LogP contribution in [0.25, 0.3) is 0 Å². The molecule has 0 N–H and O–H groups in total. The Labute approximate surface area is 160 Å². The SMILES string of the molecule is CCCCN(C(=O)C1CCN(C(=O)c2ccco2)CC1)C1CCS(=O)(=O)C1. The quantitative estimate of drug-likeness (QED) is 0.733. The zero-order chi connectivity index (χ0) is 19.4. The predicted molar refractivity (Wildman–Crippen MR) is 101 cm³/mol. The third kappa shape index (κ3) is 4.72. The minimum absolute atomic E-state index is 0.0515. The Morgan fingerprint density at radius 1 is 1.26 bits per heavy atom. The van der Waals surface area contributed by atoms with Crippen molar-refractivity contribution in [2.24, 2.45) is 5.92 Å². The lowest BCUT2D eigenvalue weighted by Crippen LogP contribution is -2.48. The molecule has 0 aromatic carbocycles. The second-order valence-corrected chi connectivity index (χ2v) is 9.71. The topological polar surface area (TPSA) is 87.9 Å². The standard InChI is InChI=1S/C19H28N2O5S/c1-2-3-9-21(16-8-13-27(24,25)14-16)18(22)15-6-10-20(11-7-15)19(23)17-5-4-12-26-17/h4-5,12,15-16H,2-3,6-11,13-14H2,1H3. The molecule has 1 atom stereocenters. The average molecular weight is 397 g/mol. The van der Waals surface area contributed by atoms with Crippen LogP contribution >= 0.6 is 0 Å². The Kier molecular flexibility index (Phi) is 6.24. The van der Waals surface area contributed by atoms with Gasteiger partial charge in [0.1, 0.15) is 0 Å². The molecule has 2 aliphatic rings. The molecule has 2 aliphatic heterocycles. The first kappa shape index (κ1) is 19.9. The van der Waals surface area contributed by atoms with Crippen molar-refractivity contribution in [1.29, 1.82) is 0 Å². The van der Waals surface area contributed by atoms with E-state index in [1.165, 1.54) is 6.26 Å². The molecule has 2 saturated heterocycles. The summed E-state index contributed by atoms with van der Waals surface area (Å²) >= 11 is 0. The van der Waals surface area contributed by atoms with Crippen molar-refractivity contribution in [2.45, 2.75) is 45.1 Å². The number of nitrogens with zero attached hydrogens (tertiary/aromatic N) is 2. The highest BCUT2D eigenvalue weighted by atomic mass is 32.2. The van der Waals surface area contributed by atoms with Crippen molar-refractivity contribution in [2.75, 3.05) is 31.1 Å². The summed E-state index contributed by atoms with van der Waals surface area (Å²) in [6.07, 6.45) is 5.05. The second kappa shape index (κ2) is 8.46. The van der Waals surface area contributed by atoms with Crippen LogP contribution in [0.4, 0.5) is 0 Å². The van der Waals surface area contributed by atoms with E-state index in [9.17, 15) is 18.0 Å². The molecule has 0 radical (unpaired) electrons. The van der Waals surface area contributed by atoms with Crippen LogP contribution in [0.2, 0.25) is 0 Å². The maximum atomic E-state index is 13.1. The lowest BCUT2D eigenvalue weighted by atomic mass is 9.94. The molecule has 8 heteroatoms. The highest BCUT2D eigenvalue weighted by Crippen LogP contribution is 2.26. The van der Waals surface area contributed by atoms with Crippen LogP contribution in [0, 0.1) is 5.92 Å². The first-order valence-electron chi connectivity index (χ1n) is 9.75. The zero-order valence-electron chi connectivity index (χ0n) is 15.8. The van der Waals surface area contributed by atoms with Gasteiger partial charge in [-0.3, -0.25) is 9.59 Å². The van der Waals surface area contributed by atoms with Gasteiger partial charge in [-0.2, -0.15) is 0 Å². The normalized spacial score (nSPS) is 22.7. The minimum atomic E-state index is -3.03. The molecule has 3 rings (SSSR count). The number of sulfone groups is 1. The molecule has 2 fully saturated rings. The number of likely N-dealkylation sites (tertiary alicyclic amines) is 1. The van der Waals surface area contributed by atoms with E-state index in [1.54, 1.807) is 17.0 Å². The third-order valence-corrected chi connectivity index (χ3v) is 7.30. The van der Waals surface area contributed by atoms with Gasteiger partial charge in [-0.25, -0.2) is 8.42 Å². The number of amides is 2. The van der Waals surface area contributed by atoms with Gasteiger partial charge in [-0.05, 0) is 37.8 Å². The average Bonchev–Trinajstić information content (AvgIpc) is 3.31. The highest BCUT2D eigenvalue weighted by molar-refractivity contribution is 7.91. The Morgan fingerprint density at radius 3 is 2.56 bits per heavy atom. The first-order chi connectivity index (χ1) is 12.9. The maximum absolute atomic E-state index is 13.1. The van der Waals surface area contributed by atoms with E-state index >= 15 is 0 Å². The second-order valence-electron chi connectivity index (χ2n) is 7.49. The fourth-order valence-corrected chi connectivity index (χ4v) is 5.67. The van der Waals surface area contributed by atoms with Gasteiger partial charge in [-0.15, -0.1) is 0 Å². The molecule has 2 amide bonds. The number of unbranched alkanes of at least 4 members (excludes halogenated alkanes) is 1. The van der Waals surface area contributed by atoms with Gasteiger partial charge < -0.3 is 14.2 Å². The molecule has 1 aromatic rings. The Morgan fingerprint density at radius 2 is 2.00 bits per heavy atom. The Hall–Kier alpha value is -1.83. The number of hydrogen-bond acceptors (Lipinski definition) is 5. The van der Waals surface area contributed by atoms with E-state index in [4.69, 9.17) is 4.42 Å². The fourth-order valence-electron chi connectivity index (χ4n) is 3.94. The van der Waals surface area contributed by atoms with Crippen LogP contribution in [0.1, 0.15) is 49.6 Å². The summed E-state index contributed by atoms with van der Waals surface area (Å²) < 4.78 is 28.9. The van der Waals surface area contributed by atoms with Gasteiger partial charge in [-0.1, -0.05) is 13.3 Å². The highest BCUT2D eigenvalue weighted by Gasteiger charge is 2.38.